The van der Waals surface area contributed by atoms with Gasteiger partial charge in [-0.1, -0.05) is 24.3 Å². The van der Waals surface area contributed by atoms with E-state index in [1.165, 1.54) is 0 Å². The quantitative estimate of drug-likeness (QED) is 0.582. The second-order valence-corrected chi connectivity index (χ2v) is 8.36. The van der Waals surface area contributed by atoms with Crippen molar-refractivity contribution in [3.05, 3.63) is 59.2 Å². The summed E-state index contributed by atoms with van der Waals surface area (Å²) in [6.07, 6.45) is -0.644. The molecule has 0 aliphatic rings. The zero-order chi connectivity index (χ0) is 23.7. The number of anilines is 1. The van der Waals surface area contributed by atoms with Crippen molar-refractivity contribution in [2.24, 2.45) is 0 Å². The number of amides is 3. The van der Waals surface area contributed by atoms with E-state index in [-0.39, 0.29) is 25.0 Å². The van der Waals surface area contributed by atoms with E-state index in [1.807, 2.05) is 32.0 Å². The van der Waals surface area contributed by atoms with Gasteiger partial charge in [0, 0.05) is 12.2 Å². The Kier molecular flexibility index (Phi) is 8.63. The molecule has 0 saturated heterocycles. The summed E-state index contributed by atoms with van der Waals surface area (Å²) in [5.74, 6) is 0.0874. The molecule has 0 aliphatic heterocycles. The number of ether oxygens (including phenoxy) is 2. The lowest BCUT2D eigenvalue weighted by Crippen LogP contribution is -2.39. The number of nitrogens with one attached hydrogen (secondary N) is 3. The fourth-order valence-electron chi connectivity index (χ4n) is 2.66. The first-order chi connectivity index (χ1) is 15.0. The van der Waals surface area contributed by atoms with E-state index < -0.39 is 11.7 Å². The van der Waals surface area contributed by atoms with Crippen molar-refractivity contribution in [1.29, 1.82) is 0 Å². The maximum absolute atomic E-state index is 12.2. The molecule has 32 heavy (non-hydrogen) atoms. The average molecular weight is 442 g/mol. The van der Waals surface area contributed by atoms with Gasteiger partial charge in [0.05, 0.1) is 0 Å². The molecule has 0 aromatic heterocycles. The number of hydrogen-bond acceptors (Lipinski definition) is 5. The van der Waals surface area contributed by atoms with Crippen LogP contribution in [0.15, 0.2) is 42.5 Å². The lowest BCUT2D eigenvalue weighted by molar-refractivity contribution is -0.120. The monoisotopic (exact) mass is 441 g/mol. The van der Waals surface area contributed by atoms with Gasteiger partial charge in [-0.15, -0.1) is 0 Å². The molecule has 8 nitrogen and oxygen atoms in total. The standard InChI is InChI=1S/C24H31N3O5/c1-16-7-6-8-20(17(16)2)31-15-22(29)27-19-11-9-18(10-12-19)13-25-21(28)14-26-23(30)32-24(3,4)5/h6-12H,13-15H2,1-5H3,(H,25,28)(H,26,30)(H,27,29). The first-order valence-corrected chi connectivity index (χ1v) is 10.3. The predicted molar refractivity (Wildman–Crippen MR) is 123 cm³/mol. The van der Waals surface area contributed by atoms with Gasteiger partial charge in [0.2, 0.25) is 5.91 Å². The van der Waals surface area contributed by atoms with Crippen molar-refractivity contribution in [3.8, 4) is 5.75 Å². The third-order valence-electron chi connectivity index (χ3n) is 4.43. The number of benzene rings is 2. The summed E-state index contributed by atoms with van der Waals surface area (Å²) in [7, 11) is 0. The Morgan fingerprint density at radius 2 is 1.59 bits per heavy atom. The van der Waals surface area contributed by atoms with Crippen molar-refractivity contribution in [3.63, 3.8) is 0 Å². The van der Waals surface area contributed by atoms with E-state index in [9.17, 15) is 14.4 Å². The number of carbonyl (C=O) groups is 3. The summed E-state index contributed by atoms with van der Waals surface area (Å²) in [5.41, 5.74) is 2.96. The van der Waals surface area contributed by atoms with Crippen LogP contribution in [0, 0.1) is 13.8 Å². The normalized spacial score (nSPS) is 10.8. The van der Waals surface area contributed by atoms with Gasteiger partial charge in [0.1, 0.15) is 17.9 Å². The highest BCUT2D eigenvalue weighted by atomic mass is 16.6. The van der Waals surface area contributed by atoms with Crippen molar-refractivity contribution >= 4 is 23.6 Å². The van der Waals surface area contributed by atoms with Gasteiger partial charge in [0.15, 0.2) is 6.61 Å². The minimum atomic E-state index is -0.644. The van der Waals surface area contributed by atoms with E-state index in [1.54, 1.807) is 45.0 Å². The van der Waals surface area contributed by atoms with Crippen LogP contribution in [0.2, 0.25) is 0 Å². The number of hydrogen-bond donors (Lipinski definition) is 3. The van der Waals surface area contributed by atoms with Crippen LogP contribution in [0.25, 0.3) is 0 Å². The molecule has 2 aromatic rings. The predicted octanol–water partition coefficient (Wildman–Crippen LogP) is 3.46. The summed E-state index contributed by atoms with van der Waals surface area (Å²) in [5, 5.41) is 7.89. The molecule has 0 spiro atoms. The van der Waals surface area contributed by atoms with E-state index in [0.29, 0.717) is 18.0 Å². The minimum Gasteiger partial charge on any atom is -0.483 e. The molecule has 3 N–H and O–H groups in total. The van der Waals surface area contributed by atoms with E-state index >= 15 is 0 Å². The largest absolute Gasteiger partial charge is 0.483 e. The van der Waals surface area contributed by atoms with Crippen LogP contribution < -0.4 is 20.7 Å². The molecule has 2 aromatic carbocycles. The third-order valence-corrected chi connectivity index (χ3v) is 4.43. The number of carbonyl (C=O) groups excluding carboxylic acids is 3. The summed E-state index contributed by atoms with van der Waals surface area (Å²) >= 11 is 0. The second kappa shape index (κ2) is 11.2. The Morgan fingerprint density at radius 1 is 0.906 bits per heavy atom. The average Bonchev–Trinajstić information content (AvgIpc) is 2.71. The maximum atomic E-state index is 12.2. The SMILES string of the molecule is Cc1cccc(OCC(=O)Nc2ccc(CNC(=O)CNC(=O)OC(C)(C)C)cc2)c1C. The Balaban J connectivity index is 1.73. The van der Waals surface area contributed by atoms with Gasteiger partial charge in [-0.2, -0.15) is 0 Å². The van der Waals surface area contributed by atoms with Crippen LogP contribution in [-0.2, 0) is 20.9 Å². The van der Waals surface area contributed by atoms with Crippen molar-refractivity contribution < 1.29 is 23.9 Å². The lowest BCUT2D eigenvalue weighted by Gasteiger charge is -2.19. The molecule has 172 valence electrons. The number of aryl methyl sites for hydroxylation is 1. The molecular weight excluding hydrogens is 410 g/mol. The van der Waals surface area contributed by atoms with E-state index in [0.717, 1.165) is 16.7 Å². The molecule has 0 fully saturated rings. The first kappa shape index (κ1) is 24.7. The summed E-state index contributed by atoms with van der Waals surface area (Å²) in [4.78, 5) is 35.6. The fourth-order valence-corrected chi connectivity index (χ4v) is 2.66. The van der Waals surface area contributed by atoms with Gasteiger partial charge >= 0.3 is 6.09 Å². The first-order valence-electron chi connectivity index (χ1n) is 10.3. The summed E-state index contributed by atoms with van der Waals surface area (Å²) in [6, 6.07) is 12.8. The van der Waals surface area contributed by atoms with Crippen LogP contribution in [0.3, 0.4) is 0 Å². The Labute approximate surface area is 188 Å². The molecule has 0 radical (unpaired) electrons. The third kappa shape index (κ3) is 8.67. The molecule has 0 aliphatic carbocycles. The molecular formula is C24H31N3O5. The van der Waals surface area contributed by atoms with Gasteiger partial charge in [-0.3, -0.25) is 9.59 Å². The smallest absolute Gasteiger partial charge is 0.408 e. The van der Waals surface area contributed by atoms with Gasteiger partial charge < -0.3 is 25.4 Å². The second-order valence-electron chi connectivity index (χ2n) is 8.36. The molecule has 0 unspecified atom stereocenters. The molecule has 0 atom stereocenters. The summed E-state index contributed by atoms with van der Waals surface area (Å²) in [6.45, 7) is 9.21. The van der Waals surface area contributed by atoms with E-state index in [4.69, 9.17) is 9.47 Å². The Bertz CT molecular complexity index is 949. The molecule has 2 rings (SSSR count). The molecule has 0 saturated carbocycles. The lowest BCUT2D eigenvalue weighted by atomic mass is 10.1. The van der Waals surface area contributed by atoms with Gasteiger partial charge in [-0.05, 0) is 69.5 Å². The van der Waals surface area contributed by atoms with Gasteiger partial charge in [-0.25, -0.2) is 4.79 Å². The van der Waals surface area contributed by atoms with Crippen LogP contribution >= 0.6 is 0 Å². The van der Waals surface area contributed by atoms with Crippen LogP contribution in [0.4, 0.5) is 10.5 Å². The van der Waals surface area contributed by atoms with Gasteiger partial charge in [0.25, 0.3) is 5.91 Å². The number of alkyl carbamates (subject to hydrolysis) is 1. The van der Waals surface area contributed by atoms with Crippen molar-refractivity contribution in [2.75, 3.05) is 18.5 Å². The minimum absolute atomic E-state index is 0.0905. The topological polar surface area (TPSA) is 106 Å². The van der Waals surface area contributed by atoms with Crippen LogP contribution in [0.1, 0.15) is 37.5 Å². The molecule has 8 heteroatoms. The zero-order valence-corrected chi connectivity index (χ0v) is 19.2. The Morgan fingerprint density at radius 3 is 2.25 bits per heavy atom. The van der Waals surface area contributed by atoms with Crippen molar-refractivity contribution in [2.45, 2.75) is 46.8 Å². The van der Waals surface area contributed by atoms with Crippen LogP contribution in [0.5, 0.6) is 5.75 Å². The Hall–Kier alpha value is -3.55. The zero-order valence-electron chi connectivity index (χ0n) is 19.2. The highest BCUT2D eigenvalue weighted by Crippen LogP contribution is 2.20. The van der Waals surface area contributed by atoms with E-state index in [2.05, 4.69) is 16.0 Å². The highest BCUT2D eigenvalue weighted by Gasteiger charge is 2.16. The maximum Gasteiger partial charge on any atom is 0.408 e. The molecule has 0 bridgehead atoms. The number of rotatable bonds is 8. The fraction of sp³-hybridized carbons (Fsp3) is 0.375. The van der Waals surface area contributed by atoms with Crippen molar-refractivity contribution in [1.82, 2.24) is 10.6 Å². The summed E-state index contributed by atoms with van der Waals surface area (Å²) < 4.78 is 10.7. The molecule has 3 amide bonds. The molecule has 0 heterocycles. The van der Waals surface area contributed by atoms with Crippen LogP contribution in [-0.4, -0.2) is 36.7 Å². The highest BCUT2D eigenvalue weighted by molar-refractivity contribution is 5.91.